The van der Waals surface area contributed by atoms with Gasteiger partial charge in [-0.25, -0.2) is 0 Å². The van der Waals surface area contributed by atoms with Crippen molar-refractivity contribution in [3.05, 3.63) is 47.0 Å². The molecule has 2 unspecified atom stereocenters. The van der Waals surface area contributed by atoms with Gasteiger partial charge in [-0.05, 0) is 37.5 Å². The van der Waals surface area contributed by atoms with Gasteiger partial charge in [-0.15, -0.1) is 0 Å². The number of phenols is 1. The van der Waals surface area contributed by atoms with Crippen molar-refractivity contribution in [1.82, 2.24) is 0 Å². The summed E-state index contributed by atoms with van der Waals surface area (Å²) in [6.07, 6.45) is -0.277. The molecule has 0 amide bonds. The van der Waals surface area contributed by atoms with Crippen LogP contribution in [0.5, 0.6) is 11.5 Å². The third-order valence-electron chi connectivity index (χ3n) is 4.70. The predicted octanol–water partition coefficient (Wildman–Crippen LogP) is 4.25. The molecular weight excluding hydrogens is 292 g/mol. The molecule has 1 saturated heterocycles. The number of ether oxygens (including phenoxy) is 3. The number of fused-ring (bicyclic) bond motifs is 4. The molecule has 1 aliphatic carbocycles. The monoisotopic (exact) mass is 312 g/mol. The lowest BCUT2D eigenvalue weighted by Gasteiger charge is -2.36. The molecule has 2 aromatic rings. The molecule has 1 fully saturated rings. The van der Waals surface area contributed by atoms with Crippen LogP contribution in [-0.2, 0) is 9.47 Å². The average molecular weight is 312 g/mol. The van der Waals surface area contributed by atoms with Gasteiger partial charge in [-0.3, -0.25) is 0 Å². The highest BCUT2D eigenvalue weighted by atomic mass is 16.8. The molecule has 4 nitrogen and oxygen atoms in total. The number of rotatable bonds is 2. The minimum absolute atomic E-state index is 0.100. The average Bonchev–Trinajstić information content (AvgIpc) is 2.78. The number of phenolic OH excluding ortho intramolecular Hbond substituents is 1. The molecule has 120 valence electrons. The van der Waals surface area contributed by atoms with Gasteiger partial charge in [-0.1, -0.05) is 30.3 Å². The summed E-state index contributed by atoms with van der Waals surface area (Å²) in [5.41, 5.74) is 4.78. The fourth-order valence-corrected chi connectivity index (χ4v) is 3.78. The Kier molecular flexibility index (Phi) is 2.99. The summed E-state index contributed by atoms with van der Waals surface area (Å²) in [5, 5.41) is 10.8. The molecule has 1 N–H and O–H groups in total. The maximum atomic E-state index is 10.8. The van der Waals surface area contributed by atoms with Crippen molar-refractivity contribution in [1.29, 1.82) is 0 Å². The molecule has 0 spiro atoms. The summed E-state index contributed by atoms with van der Waals surface area (Å²) < 4.78 is 17.5. The molecule has 23 heavy (non-hydrogen) atoms. The third kappa shape index (κ3) is 1.92. The molecule has 1 heterocycles. The smallest absolute Gasteiger partial charge is 0.167 e. The molecule has 4 rings (SSSR count). The van der Waals surface area contributed by atoms with Crippen LogP contribution in [0.25, 0.3) is 11.1 Å². The van der Waals surface area contributed by atoms with Gasteiger partial charge in [0.05, 0.1) is 7.11 Å². The number of aromatic hydroxyl groups is 1. The normalized spacial score (nSPS) is 23.8. The second-order valence-electron chi connectivity index (χ2n) is 6.55. The zero-order valence-electron chi connectivity index (χ0n) is 13.7. The molecule has 2 aromatic carbocycles. The molecule has 1 aliphatic heterocycles. The summed E-state index contributed by atoms with van der Waals surface area (Å²) in [7, 11) is 1.58. The number of hydrogen-bond donors (Lipinski definition) is 1. The maximum absolute atomic E-state index is 10.8. The van der Waals surface area contributed by atoms with Crippen molar-refractivity contribution in [3.63, 3.8) is 0 Å². The van der Waals surface area contributed by atoms with Crippen LogP contribution >= 0.6 is 0 Å². The predicted molar refractivity (Wildman–Crippen MR) is 86.6 cm³/mol. The van der Waals surface area contributed by atoms with Crippen LogP contribution in [0.2, 0.25) is 0 Å². The molecule has 0 radical (unpaired) electrons. The van der Waals surface area contributed by atoms with E-state index in [9.17, 15) is 5.11 Å². The van der Waals surface area contributed by atoms with Crippen LogP contribution in [0, 0.1) is 6.92 Å². The van der Waals surface area contributed by atoms with Crippen molar-refractivity contribution >= 4 is 0 Å². The Morgan fingerprint density at radius 3 is 2.26 bits per heavy atom. The van der Waals surface area contributed by atoms with Crippen molar-refractivity contribution in [2.75, 3.05) is 7.11 Å². The molecule has 0 saturated carbocycles. The van der Waals surface area contributed by atoms with Crippen LogP contribution in [0.1, 0.15) is 42.7 Å². The summed E-state index contributed by atoms with van der Waals surface area (Å²) in [5.74, 6) is 0.0302. The van der Waals surface area contributed by atoms with Crippen LogP contribution in [0.15, 0.2) is 30.3 Å². The van der Waals surface area contributed by atoms with E-state index in [0.29, 0.717) is 5.75 Å². The topological polar surface area (TPSA) is 47.9 Å². The van der Waals surface area contributed by atoms with Crippen molar-refractivity contribution in [2.45, 2.75) is 38.8 Å². The lowest BCUT2D eigenvalue weighted by Crippen LogP contribution is -2.24. The van der Waals surface area contributed by atoms with Crippen molar-refractivity contribution < 1.29 is 19.3 Å². The van der Waals surface area contributed by atoms with Gasteiger partial charge in [0.15, 0.2) is 17.3 Å². The van der Waals surface area contributed by atoms with Gasteiger partial charge < -0.3 is 19.3 Å². The molecule has 0 bridgehead atoms. The lowest BCUT2D eigenvalue weighted by atomic mass is 9.76. The summed E-state index contributed by atoms with van der Waals surface area (Å²) >= 11 is 0. The highest BCUT2D eigenvalue weighted by Gasteiger charge is 2.54. The van der Waals surface area contributed by atoms with Gasteiger partial charge in [0.25, 0.3) is 0 Å². The lowest BCUT2D eigenvalue weighted by molar-refractivity contribution is -0.143. The van der Waals surface area contributed by atoms with E-state index in [0.717, 1.165) is 27.8 Å². The zero-order valence-corrected chi connectivity index (χ0v) is 13.7. The number of methoxy groups -OCH3 is 1. The standard InChI is InChI=1S/C19H20O4/c1-10-12(11-8-6-5-7-9-11)15(20)16(21-4)14-13(10)17-18(14)23-19(2,3)22-17/h5-9,17-18,20H,1-4H3. The Bertz CT molecular complexity index is 780. The second-order valence-corrected chi connectivity index (χ2v) is 6.55. The Balaban J connectivity index is 1.95. The van der Waals surface area contributed by atoms with E-state index in [4.69, 9.17) is 14.2 Å². The van der Waals surface area contributed by atoms with Gasteiger partial charge in [0.1, 0.15) is 12.2 Å². The summed E-state index contributed by atoms with van der Waals surface area (Å²) in [6.45, 7) is 5.84. The molecular formula is C19H20O4. The van der Waals surface area contributed by atoms with Gasteiger partial charge in [-0.2, -0.15) is 0 Å². The van der Waals surface area contributed by atoms with Crippen molar-refractivity contribution in [3.8, 4) is 22.6 Å². The number of benzene rings is 2. The van der Waals surface area contributed by atoms with Gasteiger partial charge >= 0.3 is 0 Å². The van der Waals surface area contributed by atoms with E-state index in [-0.39, 0.29) is 18.0 Å². The summed E-state index contributed by atoms with van der Waals surface area (Å²) in [6, 6.07) is 9.85. The quantitative estimate of drug-likeness (QED) is 0.900. The molecule has 4 heteroatoms. The Morgan fingerprint density at radius 1 is 1.04 bits per heavy atom. The van der Waals surface area contributed by atoms with Gasteiger partial charge in [0, 0.05) is 11.1 Å². The summed E-state index contributed by atoms with van der Waals surface area (Å²) in [4.78, 5) is 0. The fraction of sp³-hybridized carbons (Fsp3) is 0.368. The maximum Gasteiger partial charge on any atom is 0.167 e. The zero-order chi connectivity index (χ0) is 16.4. The highest BCUT2D eigenvalue weighted by Crippen LogP contribution is 2.63. The largest absolute Gasteiger partial charge is 0.504 e. The van der Waals surface area contributed by atoms with Crippen LogP contribution in [0.4, 0.5) is 0 Å². The highest BCUT2D eigenvalue weighted by molar-refractivity contribution is 5.81. The van der Waals surface area contributed by atoms with Crippen LogP contribution in [-0.4, -0.2) is 18.0 Å². The first-order valence-corrected chi connectivity index (χ1v) is 7.79. The third-order valence-corrected chi connectivity index (χ3v) is 4.70. The van der Waals surface area contributed by atoms with E-state index in [1.165, 1.54) is 0 Å². The Labute approximate surface area is 135 Å². The first kappa shape index (κ1) is 14.5. The van der Waals surface area contributed by atoms with E-state index in [1.807, 2.05) is 51.1 Å². The minimum Gasteiger partial charge on any atom is -0.504 e. The molecule has 0 aromatic heterocycles. The van der Waals surface area contributed by atoms with Crippen LogP contribution in [0.3, 0.4) is 0 Å². The van der Waals surface area contributed by atoms with E-state index < -0.39 is 5.79 Å². The van der Waals surface area contributed by atoms with Crippen LogP contribution < -0.4 is 4.74 Å². The number of hydrogen-bond acceptors (Lipinski definition) is 4. The first-order chi connectivity index (χ1) is 10.9. The molecule has 2 aliphatic rings. The SMILES string of the molecule is COc1c(O)c(-c2ccccc2)c(C)c2c1C1OC(C)(C)OC21. The minimum atomic E-state index is -0.631. The van der Waals surface area contributed by atoms with E-state index in [1.54, 1.807) is 7.11 Å². The van der Waals surface area contributed by atoms with Crippen molar-refractivity contribution in [2.24, 2.45) is 0 Å². The first-order valence-electron chi connectivity index (χ1n) is 7.79. The fourth-order valence-electron chi connectivity index (χ4n) is 3.78. The second kappa shape index (κ2) is 4.73. The van der Waals surface area contributed by atoms with E-state index >= 15 is 0 Å². The van der Waals surface area contributed by atoms with E-state index in [2.05, 4.69) is 0 Å². The van der Waals surface area contributed by atoms with Gasteiger partial charge in [0.2, 0.25) is 0 Å². The Hall–Kier alpha value is -2.04. The Morgan fingerprint density at radius 2 is 1.65 bits per heavy atom. The molecule has 2 atom stereocenters.